The molecule has 0 unspecified atom stereocenters. The Morgan fingerprint density at radius 2 is 2.07 bits per heavy atom. The molecule has 4 aromatic rings. The van der Waals surface area contributed by atoms with Gasteiger partial charge in [-0.15, -0.1) is 10.2 Å². The smallest absolute Gasteiger partial charge is 0.329 e. The molecule has 3 heterocycles. The van der Waals surface area contributed by atoms with Crippen LogP contribution in [0.5, 0.6) is 5.88 Å². The van der Waals surface area contributed by atoms with Gasteiger partial charge in [0.2, 0.25) is 5.88 Å². The summed E-state index contributed by atoms with van der Waals surface area (Å²) < 4.78 is 3.61. The van der Waals surface area contributed by atoms with E-state index in [-0.39, 0.29) is 28.7 Å². The third kappa shape index (κ3) is 3.18. The van der Waals surface area contributed by atoms with Crippen molar-refractivity contribution in [3.8, 4) is 5.88 Å². The van der Waals surface area contributed by atoms with Gasteiger partial charge in [0.1, 0.15) is 0 Å². The summed E-state index contributed by atoms with van der Waals surface area (Å²) >= 11 is 3.40. The lowest BCUT2D eigenvalue weighted by atomic mass is 10.2. The van der Waals surface area contributed by atoms with Crippen LogP contribution in [0.3, 0.4) is 0 Å². The molecular weight excluding hydrogens is 442 g/mol. The lowest BCUT2D eigenvalue weighted by molar-refractivity contribution is 0.459. The van der Waals surface area contributed by atoms with Crippen LogP contribution >= 0.6 is 15.9 Å². The van der Waals surface area contributed by atoms with Gasteiger partial charge < -0.3 is 10.1 Å². The predicted octanol–water partition coefficient (Wildman–Crippen LogP) is 3.36. The minimum atomic E-state index is -0.569. The van der Waals surface area contributed by atoms with Gasteiger partial charge in [-0.3, -0.25) is 18.9 Å². The molecule has 0 aliphatic carbocycles. The van der Waals surface area contributed by atoms with Crippen LogP contribution < -0.4 is 11.2 Å². The van der Waals surface area contributed by atoms with E-state index in [0.29, 0.717) is 17.4 Å². The second kappa shape index (κ2) is 7.17. The Bertz CT molecular complexity index is 1420. The maximum Gasteiger partial charge on any atom is 0.329 e. The predicted molar refractivity (Wildman–Crippen MR) is 112 cm³/mol. The second-order valence-electron chi connectivity index (χ2n) is 6.29. The largest absolute Gasteiger partial charge is 0.493 e. The number of nitrogens with zero attached hydrogens (tertiary/aromatic N) is 5. The van der Waals surface area contributed by atoms with E-state index in [9.17, 15) is 14.7 Å². The summed E-state index contributed by atoms with van der Waals surface area (Å²) in [5, 5.41) is 19.2. The van der Waals surface area contributed by atoms with Crippen molar-refractivity contribution in [3.05, 3.63) is 55.7 Å². The Morgan fingerprint density at radius 3 is 2.83 bits per heavy atom. The van der Waals surface area contributed by atoms with Crippen molar-refractivity contribution in [2.45, 2.75) is 13.5 Å². The summed E-state index contributed by atoms with van der Waals surface area (Å²) in [4.78, 5) is 33.7. The van der Waals surface area contributed by atoms with Crippen LogP contribution in [0.25, 0.3) is 22.1 Å². The number of rotatable bonds is 4. The van der Waals surface area contributed by atoms with E-state index in [1.54, 1.807) is 16.7 Å². The van der Waals surface area contributed by atoms with Crippen molar-refractivity contribution < 1.29 is 5.11 Å². The number of fused-ring (bicyclic) bond motifs is 2. The van der Waals surface area contributed by atoms with Gasteiger partial charge in [-0.1, -0.05) is 28.1 Å². The zero-order valence-electron chi connectivity index (χ0n) is 15.5. The van der Waals surface area contributed by atoms with Crippen LogP contribution in [-0.2, 0) is 13.6 Å². The lowest BCUT2D eigenvalue weighted by Crippen LogP contribution is -2.29. The molecule has 0 fully saturated rings. The molecule has 0 amide bonds. The van der Waals surface area contributed by atoms with Gasteiger partial charge >= 0.3 is 5.69 Å². The first-order valence-corrected chi connectivity index (χ1v) is 9.42. The maximum absolute atomic E-state index is 12.4. The number of aromatic nitrogens is 5. The lowest BCUT2D eigenvalue weighted by Gasteiger charge is -2.02. The molecule has 10 nitrogen and oxygen atoms in total. The van der Waals surface area contributed by atoms with Crippen molar-refractivity contribution in [3.63, 3.8) is 0 Å². The highest BCUT2D eigenvalue weighted by Crippen LogP contribution is 2.37. The Morgan fingerprint density at radius 1 is 1.28 bits per heavy atom. The fraction of sp³-hybridized carbons (Fsp3) is 0.167. The van der Waals surface area contributed by atoms with Gasteiger partial charge in [0.15, 0.2) is 16.9 Å². The number of imidazole rings is 1. The molecule has 3 aromatic heterocycles. The van der Waals surface area contributed by atoms with Crippen molar-refractivity contribution in [1.29, 1.82) is 0 Å². The quantitative estimate of drug-likeness (QED) is 0.319. The van der Waals surface area contributed by atoms with Gasteiger partial charge in [-0.2, -0.15) is 4.98 Å². The molecule has 0 saturated carbocycles. The monoisotopic (exact) mass is 457 g/mol. The molecule has 0 bridgehead atoms. The highest BCUT2D eigenvalue weighted by Gasteiger charge is 2.17. The van der Waals surface area contributed by atoms with Gasteiger partial charge in [-0.25, -0.2) is 4.79 Å². The SMILES string of the molecule is CC=CCn1c(N=Nc2c(O)[nH]c3ccc(Br)cc23)nc2c1c(=O)[nH]c(=O)n2C. The highest BCUT2D eigenvalue weighted by atomic mass is 79.9. The molecule has 0 aliphatic rings. The van der Waals surface area contributed by atoms with E-state index in [0.717, 1.165) is 4.47 Å². The number of hydrogen-bond donors (Lipinski definition) is 3. The number of aryl methyl sites for hydroxylation is 1. The first-order chi connectivity index (χ1) is 13.9. The first kappa shape index (κ1) is 18.9. The van der Waals surface area contributed by atoms with Gasteiger partial charge in [0.25, 0.3) is 11.5 Å². The molecule has 0 radical (unpaired) electrons. The summed E-state index contributed by atoms with van der Waals surface area (Å²) in [5.74, 6) is -0.00300. The number of benzene rings is 1. The van der Waals surface area contributed by atoms with Crippen molar-refractivity contribution in [2.24, 2.45) is 17.3 Å². The van der Waals surface area contributed by atoms with Crippen molar-refractivity contribution >= 4 is 49.6 Å². The zero-order valence-corrected chi connectivity index (χ0v) is 17.1. The summed E-state index contributed by atoms with van der Waals surface area (Å²) in [6.07, 6.45) is 3.65. The number of nitrogens with one attached hydrogen (secondary N) is 2. The minimum absolute atomic E-state index is 0.133. The number of aromatic amines is 2. The van der Waals surface area contributed by atoms with Crippen LogP contribution in [0.4, 0.5) is 11.6 Å². The summed E-state index contributed by atoms with van der Waals surface area (Å²) in [6.45, 7) is 2.16. The third-order valence-corrected chi connectivity index (χ3v) is 4.96. The number of halogens is 1. The van der Waals surface area contributed by atoms with Gasteiger partial charge in [0.05, 0.1) is 5.52 Å². The molecule has 1 aromatic carbocycles. The van der Waals surface area contributed by atoms with Crippen LogP contribution in [-0.4, -0.2) is 29.2 Å². The standard InChI is InChI=1S/C18H16BrN7O3/c1-3-4-7-26-13-14(25(2)18(29)22-16(13)28)21-17(26)24-23-12-10-8-9(19)5-6-11(10)20-15(12)27/h3-6,8,20,27H,7H2,1-2H3,(H,22,28,29). The Labute approximate surface area is 171 Å². The molecule has 11 heteroatoms. The molecule has 0 atom stereocenters. The average Bonchev–Trinajstić information content (AvgIpc) is 3.20. The van der Waals surface area contributed by atoms with E-state index < -0.39 is 11.2 Å². The van der Waals surface area contributed by atoms with Gasteiger partial charge in [-0.05, 0) is 25.1 Å². The first-order valence-electron chi connectivity index (χ1n) is 8.63. The Hall–Kier alpha value is -3.47. The van der Waals surface area contributed by atoms with Crippen LogP contribution in [0.2, 0.25) is 0 Å². The molecule has 148 valence electrons. The molecular formula is C18H16BrN7O3. The number of hydrogen-bond acceptors (Lipinski definition) is 6. The summed E-state index contributed by atoms with van der Waals surface area (Å²) in [7, 11) is 1.51. The van der Waals surface area contributed by atoms with E-state index in [2.05, 4.69) is 41.1 Å². The molecule has 0 aliphatic heterocycles. The normalized spacial score (nSPS) is 12.2. The van der Waals surface area contributed by atoms with Crippen LogP contribution in [0.1, 0.15) is 6.92 Å². The number of aromatic hydroxyl groups is 1. The van der Waals surface area contributed by atoms with E-state index in [1.807, 2.05) is 25.1 Å². The summed E-state index contributed by atoms with van der Waals surface area (Å²) in [5.41, 5.74) is 0.226. The van der Waals surface area contributed by atoms with Crippen molar-refractivity contribution in [2.75, 3.05) is 0 Å². The molecule has 29 heavy (non-hydrogen) atoms. The van der Waals surface area contributed by atoms with E-state index in [1.165, 1.54) is 11.6 Å². The Kier molecular flexibility index (Phi) is 4.66. The average molecular weight is 458 g/mol. The maximum atomic E-state index is 12.4. The number of allylic oxidation sites excluding steroid dienone is 2. The molecule has 0 spiro atoms. The molecule has 4 rings (SSSR count). The topological polar surface area (TPSA) is 133 Å². The fourth-order valence-corrected chi connectivity index (χ4v) is 3.38. The minimum Gasteiger partial charge on any atom is -0.493 e. The number of azo groups is 1. The zero-order chi connectivity index (χ0) is 20.7. The highest BCUT2D eigenvalue weighted by molar-refractivity contribution is 9.10. The third-order valence-electron chi connectivity index (χ3n) is 4.46. The number of H-pyrrole nitrogens is 2. The van der Waals surface area contributed by atoms with E-state index in [4.69, 9.17) is 0 Å². The van der Waals surface area contributed by atoms with E-state index >= 15 is 0 Å². The van der Waals surface area contributed by atoms with Crippen LogP contribution in [0.15, 0.2) is 54.6 Å². The second-order valence-corrected chi connectivity index (χ2v) is 7.21. The molecule has 3 N–H and O–H groups in total. The van der Waals surface area contributed by atoms with Gasteiger partial charge in [0, 0.05) is 23.5 Å². The summed E-state index contributed by atoms with van der Waals surface area (Å²) in [6, 6.07) is 5.44. The van der Waals surface area contributed by atoms with Crippen LogP contribution in [0, 0.1) is 0 Å². The fourth-order valence-electron chi connectivity index (χ4n) is 3.01. The van der Waals surface area contributed by atoms with Crippen molar-refractivity contribution in [1.82, 2.24) is 24.1 Å². The molecule has 0 saturated heterocycles. The Balaban J connectivity index is 1.93.